The smallest absolute Gasteiger partial charge is 0.0661 e. The van der Waals surface area contributed by atoms with Gasteiger partial charge in [-0.05, 0) is 39.5 Å². The highest BCUT2D eigenvalue weighted by Crippen LogP contribution is 2.54. The van der Waals surface area contributed by atoms with Gasteiger partial charge in [0.1, 0.15) is 0 Å². The summed E-state index contributed by atoms with van der Waals surface area (Å²) >= 11 is 0. The Balaban J connectivity index is 1.85. The Morgan fingerprint density at radius 3 is 2.68 bits per heavy atom. The van der Waals surface area contributed by atoms with E-state index in [1.165, 1.54) is 25.7 Å². The molecule has 4 heteroatoms. The van der Waals surface area contributed by atoms with Crippen LogP contribution in [0.1, 0.15) is 52.4 Å². The molecule has 1 spiro atoms. The molecule has 4 unspecified atom stereocenters. The lowest BCUT2D eigenvalue weighted by atomic mass is 9.60. The summed E-state index contributed by atoms with van der Waals surface area (Å²) in [7, 11) is -0.670. The van der Waals surface area contributed by atoms with Crippen molar-refractivity contribution >= 4 is 10.8 Å². The standard InChI is InChI=1S/C15H29NO2S/c1-4-18-14-11-13(15(14)8-5-6-9-15)16-12(2)7-10-19(3)17/h12-14,16H,4-11H2,1-3H3. The van der Waals surface area contributed by atoms with Crippen molar-refractivity contribution in [2.75, 3.05) is 18.6 Å². The van der Waals surface area contributed by atoms with E-state index in [1.807, 2.05) is 0 Å². The van der Waals surface area contributed by atoms with Gasteiger partial charge in [0.2, 0.25) is 0 Å². The van der Waals surface area contributed by atoms with Crippen molar-refractivity contribution in [2.45, 2.75) is 70.6 Å². The van der Waals surface area contributed by atoms with Crippen LogP contribution in [0.25, 0.3) is 0 Å². The first-order chi connectivity index (χ1) is 9.08. The molecule has 0 aliphatic heterocycles. The SMILES string of the molecule is CCOC1CC(NC(C)CCS(C)=O)C12CCCC2. The lowest BCUT2D eigenvalue weighted by Crippen LogP contribution is -2.64. The second-order valence-electron chi connectivity index (χ2n) is 6.31. The molecule has 2 rings (SSSR count). The summed E-state index contributed by atoms with van der Waals surface area (Å²) in [6.45, 7) is 5.16. The Labute approximate surface area is 120 Å². The maximum atomic E-state index is 11.2. The molecular weight excluding hydrogens is 258 g/mol. The van der Waals surface area contributed by atoms with E-state index in [-0.39, 0.29) is 0 Å². The third kappa shape index (κ3) is 3.40. The highest BCUT2D eigenvalue weighted by molar-refractivity contribution is 7.84. The molecule has 0 aromatic carbocycles. The zero-order chi connectivity index (χ0) is 13.9. The van der Waals surface area contributed by atoms with Crippen LogP contribution < -0.4 is 5.32 Å². The van der Waals surface area contributed by atoms with Gasteiger partial charge < -0.3 is 10.1 Å². The summed E-state index contributed by atoms with van der Waals surface area (Å²) in [4.78, 5) is 0. The van der Waals surface area contributed by atoms with Gasteiger partial charge in [0, 0.05) is 46.9 Å². The van der Waals surface area contributed by atoms with Crippen LogP contribution in [-0.4, -0.2) is 41.0 Å². The molecule has 112 valence electrons. The van der Waals surface area contributed by atoms with Gasteiger partial charge in [-0.1, -0.05) is 12.8 Å². The van der Waals surface area contributed by atoms with Crippen molar-refractivity contribution in [3.05, 3.63) is 0 Å². The topological polar surface area (TPSA) is 38.3 Å². The highest BCUT2D eigenvalue weighted by atomic mass is 32.2. The molecule has 2 aliphatic rings. The number of rotatable bonds is 7. The Morgan fingerprint density at radius 1 is 1.42 bits per heavy atom. The van der Waals surface area contributed by atoms with Crippen molar-refractivity contribution in [1.82, 2.24) is 5.32 Å². The minimum absolute atomic E-state index is 0.412. The minimum atomic E-state index is -0.670. The van der Waals surface area contributed by atoms with Crippen LogP contribution in [0.15, 0.2) is 0 Å². The zero-order valence-corrected chi connectivity index (χ0v) is 13.4. The molecule has 0 bridgehead atoms. The highest BCUT2D eigenvalue weighted by Gasteiger charge is 2.56. The van der Waals surface area contributed by atoms with Gasteiger partial charge in [-0.2, -0.15) is 0 Å². The summed E-state index contributed by atoms with van der Waals surface area (Å²) in [5, 5.41) is 3.78. The molecule has 3 nitrogen and oxygen atoms in total. The predicted octanol–water partition coefficient (Wildman–Crippen LogP) is 2.47. The lowest BCUT2D eigenvalue weighted by molar-refractivity contribution is -0.132. The van der Waals surface area contributed by atoms with Gasteiger partial charge in [-0.15, -0.1) is 0 Å². The number of ether oxygens (including phenoxy) is 1. The third-order valence-corrected chi connectivity index (χ3v) is 5.82. The largest absolute Gasteiger partial charge is 0.378 e. The average Bonchev–Trinajstić information content (AvgIpc) is 2.87. The van der Waals surface area contributed by atoms with Gasteiger partial charge in [0.25, 0.3) is 0 Å². The van der Waals surface area contributed by atoms with Crippen molar-refractivity contribution in [2.24, 2.45) is 5.41 Å². The fraction of sp³-hybridized carbons (Fsp3) is 1.00. The Hall–Kier alpha value is 0.0700. The third-order valence-electron chi connectivity index (χ3n) is 5.01. The van der Waals surface area contributed by atoms with E-state index in [0.717, 1.165) is 25.2 Å². The molecule has 4 atom stereocenters. The molecule has 0 radical (unpaired) electrons. The number of nitrogens with one attached hydrogen (secondary N) is 1. The summed E-state index contributed by atoms with van der Waals surface area (Å²) in [6, 6.07) is 1.08. The van der Waals surface area contributed by atoms with Gasteiger partial charge in [0.05, 0.1) is 6.10 Å². The van der Waals surface area contributed by atoms with Gasteiger partial charge in [0.15, 0.2) is 0 Å². The summed E-state index contributed by atoms with van der Waals surface area (Å²) in [5.74, 6) is 0.808. The summed E-state index contributed by atoms with van der Waals surface area (Å²) in [5.41, 5.74) is 0.412. The van der Waals surface area contributed by atoms with E-state index in [2.05, 4.69) is 19.2 Å². The molecule has 2 aliphatic carbocycles. The van der Waals surface area contributed by atoms with E-state index in [1.54, 1.807) is 6.26 Å². The first-order valence-electron chi connectivity index (χ1n) is 7.76. The van der Waals surface area contributed by atoms with Crippen LogP contribution in [0.4, 0.5) is 0 Å². The maximum Gasteiger partial charge on any atom is 0.0661 e. The van der Waals surface area contributed by atoms with Crippen LogP contribution in [0.3, 0.4) is 0 Å². The molecular formula is C15H29NO2S. The van der Waals surface area contributed by atoms with E-state index in [9.17, 15) is 4.21 Å². The Kier molecular flexibility index (Phi) is 5.44. The molecule has 0 aromatic rings. The Morgan fingerprint density at radius 2 is 2.11 bits per heavy atom. The minimum Gasteiger partial charge on any atom is -0.378 e. The van der Waals surface area contributed by atoms with Crippen molar-refractivity contribution < 1.29 is 8.95 Å². The molecule has 0 amide bonds. The second-order valence-corrected chi connectivity index (χ2v) is 7.86. The molecule has 0 heterocycles. The van der Waals surface area contributed by atoms with Crippen molar-refractivity contribution in [3.8, 4) is 0 Å². The Bertz CT molecular complexity index is 315. The van der Waals surface area contributed by atoms with E-state index < -0.39 is 10.8 Å². The van der Waals surface area contributed by atoms with E-state index in [0.29, 0.717) is 23.6 Å². The quantitative estimate of drug-likeness (QED) is 0.782. The number of hydrogen-bond acceptors (Lipinski definition) is 3. The van der Waals surface area contributed by atoms with Crippen LogP contribution in [0.2, 0.25) is 0 Å². The van der Waals surface area contributed by atoms with Crippen molar-refractivity contribution in [1.29, 1.82) is 0 Å². The fourth-order valence-corrected chi connectivity index (χ4v) is 4.58. The molecule has 19 heavy (non-hydrogen) atoms. The number of hydrogen-bond donors (Lipinski definition) is 1. The summed E-state index contributed by atoms with van der Waals surface area (Å²) in [6.07, 6.45) is 9.79. The van der Waals surface area contributed by atoms with Gasteiger partial charge in [-0.3, -0.25) is 4.21 Å². The van der Waals surface area contributed by atoms with Crippen LogP contribution in [0.5, 0.6) is 0 Å². The average molecular weight is 287 g/mol. The lowest BCUT2D eigenvalue weighted by Gasteiger charge is -2.55. The normalized spacial score (nSPS) is 32.2. The van der Waals surface area contributed by atoms with E-state index in [4.69, 9.17) is 4.74 Å². The molecule has 1 N–H and O–H groups in total. The van der Waals surface area contributed by atoms with Crippen LogP contribution >= 0.6 is 0 Å². The van der Waals surface area contributed by atoms with E-state index >= 15 is 0 Å². The van der Waals surface area contributed by atoms with Gasteiger partial charge >= 0.3 is 0 Å². The first kappa shape index (κ1) is 15.5. The fourth-order valence-electron chi connectivity index (χ4n) is 3.89. The molecule has 0 aromatic heterocycles. The van der Waals surface area contributed by atoms with Crippen LogP contribution in [-0.2, 0) is 15.5 Å². The first-order valence-corrected chi connectivity index (χ1v) is 9.49. The summed E-state index contributed by atoms with van der Waals surface area (Å²) < 4.78 is 17.1. The molecule has 2 saturated carbocycles. The van der Waals surface area contributed by atoms with Crippen molar-refractivity contribution in [3.63, 3.8) is 0 Å². The van der Waals surface area contributed by atoms with Crippen LogP contribution in [0, 0.1) is 5.41 Å². The monoisotopic (exact) mass is 287 g/mol. The maximum absolute atomic E-state index is 11.2. The second kappa shape index (κ2) is 6.68. The molecule has 0 saturated heterocycles. The predicted molar refractivity (Wildman–Crippen MR) is 80.9 cm³/mol. The molecule has 2 fully saturated rings. The van der Waals surface area contributed by atoms with Gasteiger partial charge in [-0.25, -0.2) is 0 Å². The zero-order valence-electron chi connectivity index (χ0n) is 12.6.